The Morgan fingerprint density at radius 3 is 2.58 bits per heavy atom. The molecule has 0 saturated carbocycles. The van der Waals surface area contributed by atoms with Gasteiger partial charge in [-0.2, -0.15) is 0 Å². The minimum atomic E-state index is -0.135. The Balaban J connectivity index is 1.79. The maximum atomic E-state index is 11.5. The molecule has 1 fully saturated rings. The minimum Gasteiger partial charge on any atom is -0.497 e. The molecule has 6 nitrogen and oxygen atoms in total. The first-order valence-corrected chi connectivity index (χ1v) is 6.00. The predicted molar refractivity (Wildman–Crippen MR) is 68.1 cm³/mol. The van der Waals surface area contributed by atoms with Crippen LogP contribution in [0.15, 0.2) is 24.3 Å². The number of nitrogens with zero attached hydrogens (tertiary/aromatic N) is 1. The number of benzene rings is 1. The number of hydrogen-bond acceptors (Lipinski definition) is 4. The van der Waals surface area contributed by atoms with E-state index in [0.717, 1.165) is 5.75 Å². The van der Waals surface area contributed by atoms with Gasteiger partial charge in [-0.1, -0.05) is 0 Å². The highest BCUT2D eigenvalue weighted by atomic mass is 16.5. The highest BCUT2D eigenvalue weighted by molar-refractivity contribution is 5.92. The van der Waals surface area contributed by atoms with Crippen molar-refractivity contribution in [2.24, 2.45) is 0 Å². The number of methoxy groups -OCH3 is 1. The number of carbonyl (C=O) groups excluding carboxylic acids is 2. The molecule has 0 aromatic heterocycles. The summed E-state index contributed by atoms with van der Waals surface area (Å²) in [5.41, 5.74) is 0. The van der Waals surface area contributed by atoms with Gasteiger partial charge in [-0.25, -0.2) is 0 Å². The van der Waals surface area contributed by atoms with Crippen molar-refractivity contribution in [2.75, 3.05) is 33.4 Å². The van der Waals surface area contributed by atoms with Gasteiger partial charge in [0.15, 0.2) is 0 Å². The van der Waals surface area contributed by atoms with E-state index in [1.165, 1.54) is 4.90 Å². The molecule has 0 spiro atoms. The molecule has 19 heavy (non-hydrogen) atoms. The van der Waals surface area contributed by atoms with E-state index < -0.39 is 0 Å². The van der Waals surface area contributed by atoms with Crippen LogP contribution in [0.4, 0.5) is 0 Å². The summed E-state index contributed by atoms with van der Waals surface area (Å²) in [6, 6.07) is 7.19. The maximum absolute atomic E-state index is 11.5. The average molecular weight is 264 g/mol. The Morgan fingerprint density at radius 1 is 1.21 bits per heavy atom. The molecule has 2 amide bonds. The Hall–Kier alpha value is -2.24. The number of rotatable bonds is 5. The largest absolute Gasteiger partial charge is 0.497 e. The number of ether oxygens (including phenoxy) is 2. The van der Waals surface area contributed by atoms with Crippen molar-refractivity contribution in [2.45, 2.75) is 0 Å². The van der Waals surface area contributed by atoms with Gasteiger partial charge in [-0.3, -0.25) is 9.59 Å². The SMILES string of the molecule is COc1ccc(OCCN2CC(=O)NCC2=O)cc1. The fourth-order valence-corrected chi connectivity index (χ4v) is 1.75. The molecule has 0 unspecified atom stereocenters. The van der Waals surface area contributed by atoms with Crippen LogP contribution in [-0.4, -0.2) is 50.1 Å². The Morgan fingerprint density at radius 2 is 1.89 bits per heavy atom. The van der Waals surface area contributed by atoms with E-state index in [4.69, 9.17) is 9.47 Å². The van der Waals surface area contributed by atoms with E-state index in [9.17, 15) is 9.59 Å². The molecule has 6 heteroatoms. The molecule has 1 aromatic carbocycles. The first-order valence-electron chi connectivity index (χ1n) is 6.00. The molecule has 1 heterocycles. The molecule has 1 aromatic rings. The van der Waals surface area contributed by atoms with Crippen LogP contribution in [0, 0.1) is 0 Å². The topological polar surface area (TPSA) is 67.9 Å². The third kappa shape index (κ3) is 3.61. The number of amides is 2. The second kappa shape index (κ2) is 6.08. The van der Waals surface area contributed by atoms with Crippen LogP contribution in [0.2, 0.25) is 0 Å². The van der Waals surface area contributed by atoms with Crippen LogP contribution >= 0.6 is 0 Å². The van der Waals surface area contributed by atoms with E-state index in [-0.39, 0.29) is 24.9 Å². The average Bonchev–Trinajstić information content (AvgIpc) is 2.43. The van der Waals surface area contributed by atoms with Crippen molar-refractivity contribution in [1.82, 2.24) is 10.2 Å². The van der Waals surface area contributed by atoms with Crippen molar-refractivity contribution in [3.63, 3.8) is 0 Å². The summed E-state index contributed by atoms with van der Waals surface area (Å²) >= 11 is 0. The Kier molecular flexibility index (Phi) is 4.22. The fraction of sp³-hybridized carbons (Fsp3) is 0.385. The Bertz CT molecular complexity index is 458. The van der Waals surface area contributed by atoms with Crippen LogP contribution in [0.3, 0.4) is 0 Å². The lowest BCUT2D eigenvalue weighted by molar-refractivity contribution is -0.140. The van der Waals surface area contributed by atoms with E-state index in [0.29, 0.717) is 18.9 Å². The smallest absolute Gasteiger partial charge is 0.242 e. The van der Waals surface area contributed by atoms with Crippen molar-refractivity contribution < 1.29 is 19.1 Å². The number of nitrogens with one attached hydrogen (secondary N) is 1. The number of carbonyl (C=O) groups is 2. The molecule has 0 atom stereocenters. The molecular weight excluding hydrogens is 248 g/mol. The molecule has 0 bridgehead atoms. The summed E-state index contributed by atoms with van der Waals surface area (Å²) in [6.07, 6.45) is 0. The van der Waals surface area contributed by atoms with E-state index in [1.807, 2.05) is 0 Å². The second-order valence-corrected chi connectivity index (χ2v) is 4.12. The van der Waals surface area contributed by atoms with Crippen LogP contribution in [0.1, 0.15) is 0 Å². The van der Waals surface area contributed by atoms with E-state index in [1.54, 1.807) is 31.4 Å². The van der Waals surface area contributed by atoms with Gasteiger partial charge in [0.25, 0.3) is 0 Å². The Labute approximate surface area is 111 Å². The molecule has 1 aliphatic rings. The van der Waals surface area contributed by atoms with Gasteiger partial charge in [0.2, 0.25) is 11.8 Å². The fourth-order valence-electron chi connectivity index (χ4n) is 1.75. The zero-order valence-electron chi connectivity index (χ0n) is 10.7. The summed E-state index contributed by atoms with van der Waals surface area (Å²) in [5, 5.41) is 2.50. The van der Waals surface area contributed by atoms with Crippen LogP contribution in [0.5, 0.6) is 11.5 Å². The van der Waals surface area contributed by atoms with Gasteiger partial charge in [0.05, 0.1) is 26.7 Å². The van der Waals surface area contributed by atoms with Gasteiger partial charge in [-0.05, 0) is 24.3 Å². The summed E-state index contributed by atoms with van der Waals surface area (Å²) in [4.78, 5) is 24.2. The number of hydrogen-bond donors (Lipinski definition) is 1. The normalized spacial score (nSPS) is 15.1. The lowest BCUT2D eigenvalue weighted by atomic mass is 10.3. The van der Waals surface area contributed by atoms with Gasteiger partial charge >= 0.3 is 0 Å². The molecule has 1 aliphatic heterocycles. The quantitative estimate of drug-likeness (QED) is 0.815. The van der Waals surface area contributed by atoms with Gasteiger partial charge in [-0.15, -0.1) is 0 Å². The summed E-state index contributed by atoms with van der Waals surface area (Å²) in [7, 11) is 1.60. The van der Waals surface area contributed by atoms with Gasteiger partial charge in [0.1, 0.15) is 18.1 Å². The van der Waals surface area contributed by atoms with Crippen LogP contribution < -0.4 is 14.8 Å². The molecule has 2 rings (SSSR count). The summed E-state index contributed by atoms with van der Waals surface area (Å²) in [6.45, 7) is 0.926. The summed E-state index contributed by atoms with van der Waals surface area (Å²) < 4.78 is 10.6. The van der Waals surface area contributed by atoms with E-state index >= 15 is 0 Å². The lowest BCUT2D eigenvalue weighted by Gasteiger charge is -2.26. The van der Waals surface area contributed by atoms with Crippen LogP contribution in [0.25, 0.3) is 0 Å². The molecule has 1 N–H and O–H groups in total. The molecule has 102 valence electrons. The highest BCUT2D eigenvalue weighted by Crippen LogP contribution is 2.16. The third-order valence-electron chi connectivity index (χ3n) is 2.81. The monoisotopic (exact) mass is 264 g/mol. The minimum absolute atomic E-state index is 0.0708. The van der Waals surface area contributed by atoms with Crippen molar-refractivity contribution in [3.05, 3.63) is 24.3 Å². The zero-order valence-corrected chi connectivity index (χ0v) is 10.7. The van der Waals surface area contributed by atoms with Crippen molar-refractivity contribution in [3.8, 4) is 11.5 Å². The van der Waals surface area contributed by atoms with Crippen molar-refractivity contribution >= 4 is 11.8 Å². The first-order chi connectivity index (χ1) is 9.19. The zero-order chi connectivity index (χ0) is 13.7. The lowest BCUT2D eigenvalue weighted by Crippen LogP contribution is -2.52. The first kappa shape index (κ1) is 13.2. The molecule has 1 saturated heterocycles. The molecular formula is C13H16N2O4. The van der Waals surface area contributed by atoms with Gasteiger partial charge in [0, 0.05) is 0 Å². The highest BCUT2D eigenvalue weighted by Gasteiger charge is 2.22. The predicted octanol–water partition coefficient (Wildman–Crippen LogP) is 0.0324. The summed E-state index contributed by atoms with van der Waals surface area (Å²) in [5.74, 6) is 1.24. The molecule has 0 radical (unpaired) electrons. The van der Waals surface area contributed by atoms with E-state index in [2.05, 4.69) is 5.32 Å². The number of piperazine rings is 1. The maximum Gasteiger partial charge on any atom is 0.242 e. The molecule has 0 aliphatic carbocycles. The van der Waals surface area contributed by atoms with Crippen LogP contribution in [-0.2, 0) is 9.59 Å². The van der Waals surface area contributed by atoms with Crippen molar-refractivity contribution in [1.29, 1.82) is 0 Å². The second-order valence-electron chi connectivity index (χ2n) is 4.12. The third-order valence-corrected chi connectivity index (χ3v) is 2.81. The standard InChI is InChI=1S/C13H16N2O4/c1-18-10-2-4-11(5-3-10)19-7-6-15-9-12(16)14-8-13(15)17/h2-5H,6-9H2,1H3,(H,14,16). The van der Waals surface area contributed by atoms with Gasteiger partial charge < -0.3 is 19.7 Å².